The number of piperazine rings is 1. The Balaban J connectivity index is 1.52. The quantitative estimate of drug-likeness (QED) is 0.317. The summed E-state index contributed by atoms with van der Waals surface area (Å²) in [7, 11) is 1.70. The van der Waals surface area contributed by atoms with E-state index in [9.17, 15) is 9.59 Å². The first-order valence-electron chi connectivity index (χ1n) is 14.7. The first-order chi connectivity index (χ1) is 21.4. The van der Waals surface area contributed by atoms with E-state index in [0.29, 0.717) is 40.6 Å². The van der Waals surface area contributed by atoms with Gasteiger partial charge >= 0.3 is 11.9 Å². The minimum absolute atomic E-state index is 0.0202. The highest BCUT2D eigenvalue weighted by molar-refractivity contribution is 7.99. The number of carbonyl (C=O) groups excluding carboxylic acids is 1. The monoisotopic (exact) mass is 636 g/mol. The van der Waals surface area contributed by atoms with Crippen LogP contribution >= 0.6 is 11.8 Å². The second-order valence-electron chi connectivity index (χ2n) is 12.4. The molecule has 0 saturated carbocycles. The molecule has 13 heteroatoms. The van der Waals surface area contributed by atoms with Crippen LogP contribution in [0, 0.1) is 17.3 Å². The van der Waals surface area contributed by atoms with Crippen LogP contribution in [0.3, 0.4) is 0 Å². The maximum absolute atomic E-state index is 15.3. The van der Waals surface area contributed by atoms with E-state index in [4.69, 9.17) is 4.74 Å². The first kappa shape index (κ1) is 29.7. The van der Waals surface area contributed by atoms with Crippen LogP contribution < -0.4 is 10.6 Å². The molecule has 5 heterocycles. The fraction of sp³-hybridized carbons (Fsp3) is 0.438. The number of amides is 1. The van der Waals surface area contributed by atoms with Crippen LogP contribution in [-0.4, -0.2) is 74.3 Å². The molecule has 2 saturated heterocycles. The van der Waals surface area contributed by atoms with Crippen LogP contribution in [0.4, 0.5) is 19.0 Å². The van der Waals surface area contributed by atoms with Crippen molar-refractivity contribution in [2.24, 2.45) is 12.5 Å². The topological polar surface area (TPSA) is 85.5 Å². The van der Waals surface area contributed by atoms with Crippen LogP contribution in [0.5, 0.6) is 0 Å². The number of aryl methyl sites for hydroxylation is 1. The summed E-state index contributed by atoms with van der Waals surface area (Å²) in [6.07, 6.45) is 1.51. The highest BCUT2D eigenvalue weighted by atomic mass is 32.2. The Morgan fingerprint density at radius 3 is 2.62 bits per heavy atom. The first-order valence-corrected chi connectivity index (χ1v) is 15.7. The third-order valence-corrected chi connectivity index (χ3v) is 10.6. The third-order valence-electron chi connectivity index (χ3n) is 9.17. The van der Waals surface area contributed by atoms with Gasteiger partial charge < -0.3 is 14.5 Å². The van der Waals surface area contributed by atoms with Gasteiger partial charge in [0.15, 0.2) is 0 Å². The average molecular weight is 637 g/mol. The lowest BCUT2D eigenvalue weighted by atomic mass is 9.87. The summed E-state index contributed by atoms with van der Waals surface area (Å²) in [6.45, 7) is 9.00. The summed E-state index contributed by atoms with van der Waals surface area (Å²) in [5, 5.41) is 4.58. The number of rotatable bonds is 3. The Morgan fingerprint density at radius 1 is 1.24 bits per heavy atom. The summed E-state index contributed by atoms with van der Waals surface area (Å²) in [6, 6.07) is 0.559. The van der Waals surface area contributed by atoms with E-state index in [1.54, 1.807) is 35.0 Å². The predicted octanol–water partition coefficient (Wildman–Crippen LogP) is 4.04. The van der Waals surface area contributed by atoms with E-state index in [-0.39, 0.29) is 54.4 Å². The number of fused-ring (bicyclic) bond motifs is 1. The van der Waals surface area contributed by atoms with Crippen molar-refractivity contribution in [3.8, 4) is 11.8 Å². The molecule has 3 aromatic rings. The van der Waals surface area contributed by atoms with Gasteiger partial charge in [-0.1, -0.05) is 18.4 Å². The zero-order chi connectivity index (χ0) is 31.8. The highest BCUT2D eigenvalue weighted by Gasteiger charge is 2.46. The fourth-order valence-corrected chi connectivity index (χ4v) is 8.60. The largest absolute Gasteiger partial charge is 0.416 e. The lowest BCUT2D eigenvalue weighted by molar-refractivity contribution is -0.138. The Hall–Kier alpha value is -4.02. The van der Waals surface area contributed by atoms with Crippen molar-refractivity contribution in [1.82, 2.24) is 24.2 Å². The molecule has 3 atom stereocenters. The van der Waals surface area contributed by atoms with Gasteiger partial charge in [-0.05, 0) is 38.1 Å². The number of anilines is 1. The Labute approximate surface area is 261 Å². The molecule has 9 nitrogen and oxygen atoms in total. The number of allylic oxidation sites excluding steroid dienone is 1. The molecule has 4 aliphatic rings. The van der Waals surface area contributed by atoms with E-state index < -0.39 is 28.8 Å². The average Bonchev–Trinajstić information content (AvgIpc) is 3.12. The standard InChI is InChI=1S/C32H31F3N6O3S/c1-5-24(42)41-18(2)12-39(13-19(41)3)29-22-10-23(32(33,34)35)25(21-9-7-6-8-20-11-36-38(4)26(20)21)28-27(22)40(30(43)37-29)14-31(17-45-28)15-44-16-31/h5-6,8,10-11,18-19,21H,1,12-17H2,2-4H3/t18-,19+,21?. The van der Waals surface area contributed by atoms with Crippen LogP contribution in [0.15, 0.2) is 40.7 Å². The van der Waals surface area contributed by atoms with Crippen molar-refractivity contribution in [2.75, 3.05) is 37.0 Å². The van der Waals surface area contributed by atoms with Gasteiger partial charge in [-0.2, -0.15) is 23.3 Å². The molecular formula is C32H31F3N6O3S. The van der Waals surface area contributed by atoms with Gasteiger partial charge in [0.25, 0.3) is 0 Å². The predicted molar refractivity (Wildman–Crippen MR) is 165 cm³/mol. The number of nitrogens with zero attached hydrogens (tertiary/aromatic N) is 6. The van der Waals surface area contributed by atoms with Crippen molar-refractivity contribution in [1.29, 1.82) is 0 Å². The number of thioether (sulfide) groups is 1. The minimum Gasteiger partial charge on any atom is -0.380 e. The van der Waals surface area contributed by atoms with Crippen molar-refractivity contribution < 1.29 is 22.7 Å². The molecule has 1 aliphatic carbocycles. The molecule has 0 radical (unpaired) electrons. The van der Waals surface area contributed by atoms with Crippen LogP contribution in [0.1, 0.15) is 42.1 Å². The Kier molecular flexibility index (Phi) is 6.94. The van der Waals surface area contributed by atoms with Crippen molar-refractivity contribution in [2.45, 2.75) is 49.5 Å². The summed E-state index contributed by atoms with van der Waals surface area (Å²) in [5.74, 6) is 5.48. The second kappa shape index (κ2) is 10.5. The maximum Gasteiger partial charge on any atom is 0.416 e. The van der Waals surface area contributed by atoms with Crippen LogP contribution in [0.2, 0.25) is 0 Å². The van der Waals surface area contributed by atoms with Gasteiger partial charge in [-0.3, -0.25) is 14.0 Å². The zero-order valence-electron chi connectivity index (χ0n) is 25.0. The molecule has 0 N–H and O–H groups in total. The molecule has 1 unspecified atom stereocenters. The van der Waals surface area contributed by atoms with Crippen molar-refractivity contribution in [3.05, 3.63) is 63.9 Å². The van der Waals surface area contributed by atoms with Crippen LogP contribution in [0.25, 0.3) is 17.0 Å². The third kappa shape index (κ3) is 4.68. The van der Waals surface area contributed by atoms with Gasteiger partial charge in [0.1, 0.15) is 5.82 Å². The zero-order valence-corrected chi connectivity index (χ0v) is 25.8. The smallest absolute Gasteiger partial charge is 0.380 e. The van der Waals surface area contributed by atoms with E-state index in [0.717, 1.165) is 6.07 Å². The lowest BCUT2D eigenvalue weighted by Crippen LogP contribution is -2.58. The number of alkyl halides is 3. The SMILES string of the molecule is C=CC(=O)N1[C@H](C)CN(c2nc(=O)n3c4c(c(C5C#CC=Cc6cnn(C)c65)c(C(F)(F)F)cc24)SCC2(COC2)C3)C[C@@H]1C. The van der Waals surface area contributed by atoms with Gasteiger partial charge in [0.05, 0.1) is 42.1 Å². The van der Waals surface area contributed by atoms with Gasteiger partial charge in [-0.25, -0.2) is 4.79 Å². The molecule has 7 rings (SSSR count). The normalized spacial score (nSPS) is 23.6. The summed E-state index contributed by atoms with van der Waals surface area (Å²) in [4.78, 5) is 34.9. The molecule has 2 fully saturated rings. The van der Waals surface area contributed by atoms with Gasteiger partial charge in [0.2, 0.25) is 5.91 Å². The number of ether oxygens (including phenoxy) is 1. The number of hydrogen-bond acceptors (Lipinski definition) is 7. The Bertz CT molecular complexity index is 1900. The number of hydrogen-bond donors (Lipinski definition) is 0. The highest BCUT2D eigenvalue weighted by Crippen LogP contribution is 2.51. The molecule has 3 aliphatic heterocycles. The molecule has 234 valence electrons. The van der Waals surface area contributed by atoms with Gasteiger partial charge in [-0.15, -0.1) is 11.8 Å². The Morgan fingerprint density at radius 2 is 1.98 bits per heavy atom. The fourth-order valence-electron chi connectivity index (χ4n) is 7.16. The molecule has 0 bridgehead atoms. The second-order valence-corrected chi connectivity index (χ2v) is 13.3. The number of benzene rings is 1. The number of halogens is 3. The van der Waals surface area contributed by atoms with E-state index in [2.05, 4.69) is 28.5 Å². The molecule has 1 spiro atoms. The molecule has 1 aromatic carbocycles. The maximum atomic E-state index is 15.3. The van der Waals surface area contributed by atoms with Gasteiger partial charge in [0, 0.05) is 71.3 Å². The number of carbonyl (C=O) groups is 1. The molecular weight excluding hydrogens is 605 g/mol. The van der Waals surface area contributed by atoms with E-state index >= 15 is 13.2 Å². The molecule has 2 aromatic heterocycles. The van der Waals surface area contributed by atoms with E-state index in [1.807, 2.05) is 18.7 Å². The van der Waals surface area contributed by atoms with E-state index in [1.165, 1.54) is 22.4 Å². The van der Waals surface area contributed by atoms with Crippen molar-refractivity contribution in [3.63, 3.8) is 0 Å². The lowest BCUT2D eigenvalue weighted by Gasteiger charge is -2.45. The summed E-state index contributed by atoms with van der Waals surface area (Å²) in [5.41, 5.74) is -0.0862. The minimum atomic E-state index is -4.74. The van der Waals surface area contributed by atoms with Crippen molar-refractivity contribution >= 4 is 40.5 Å². The molecule has 1 amide bonds. The van der Waals surface area contributed by atoms with Crippen LogP contribution in [-0.2, 0) is 29.3 Å². The number of aromatic nitrogens is 4. The summed E-state index contributed by atoms with van der Waals surface area (Å²) >= 11 is 1.33. The summed E-state index contributed by atoms with van der Waals surface area (Å²) < 4.78 is 54.5. The molecule has 45 heavy (non-hydrogen) atoms.